The molecule has 0 unspecified atom stereocenters. The zero-order chi connectivity index (χ0) is 27.4. The van der Waals surface area contributed by atoms with Gasteiger partial charge in [-0.3, -0.25) is 4.79 Å². The van der Waals surface area contributed by atoms with Crippen molar-refractivity contribution in [1.29, 1.82) is 0 Å². The van der Waals surface area contributed by atoms with E-state index in [0.29, 0.717) is 17.4 Å². The van der Waals surface area contributed by atoms with Crippen LogP contribution >= 0.6 is 0 Å². The van der Waals surface area contributed by atoms with E-state index in [1.54, 1.807) is 0 Å². The van der Waals surface area contributed by atoms with Crippen molar-refractivity contribution in [2.75, 3.05) is 12.8 Å². The number of benzene rings is 2. The van der Waals surface area contributed by atoms with E-state index in [4.69, 9.17) is 15.6 Å². The number of allylic oxidation sites excluding steroid dienone is 2. The lowest BCUT2D eigenvalue weighted by molar-refractivity contribution is -0.122. The van der Waals surface area contributed by atoms with E-state index in [1.165, 1.54) is 6.33 Å². The number of rotatable bonds is 9. The summed E-state index contributed by atoms with van der Waals surface area (Å²) in [5.41, 5.74) is 9.64. The summed E-state index contributed by atoms with van der Waals surface area (Å²) in [4.78, 5) is 21.5. The fraction of sp³-hybridized carbons (Fsp3) is 0.333. The van der Waals surface area contributed by atoms with Crippen molar-refractivity contribution in [3.8, 4) is 22.8 Å². The minimum Gasteiger partial charge on any atom is -0.457 e. The van der Waals surface area contributed by atoms with Gasteiger partial charge in [-0.15, -0.1) is 0 Å². The molecule has 2 heterocycles. The third-order valence-corrected chi connectivity index (χ3v) is 7.01. The van der Waals surface area contributed by atoms with Crippen LogP contribution in [0.3, 0.4) is 0 Å². The number of hydrogen-bond acceptors (Lipinski definition) is 7. The van der Waals surface area contributed by atoms with Crippen molar-refractivity contribution in [2.45, 2.75) is 51.6 Å². The molecule has 1 aliphatic rings. The monoisotopic (exact) mass is 525 g/mol. The number of carbonyl (C=O) groups is 1. The van der Waals surface area contributed by atoms with Gasteiger partial charge in [-0.2, -0.15) is 5.10 Å². The molecule has 2 atom stereocenters. The molecule has 9 heteroatoms. The SMILES string of the molecule is CN[C@H](CC(C)C)C(=O)NC1=CC[C@H](n2nc(-c3ccc(Oc4ccccc4)cc3)c3c(N)ncnc32)CC1. The Morgan fingerprint density at radius 2 is 1.85 bits per heavy atom. The summed E-state index contributed by atoms with van der Waals surface area (Å²) < 4.78 is 7.90. The van der Waals surface area contributed by atoms with Crippen molar-refractivity contribution in [3.63, 3.8) is 0 Å². The topological polar surface area (TPSA) is 120 Å². The molecule has 0 aliphatic heterocycles. The summed E-state index contributed by atoms with van der Waals surface area (Å²) in [7, 11) is 1.83. The van der Waals surface area contributed by atoms with Gasteiger partial charge in [-0.25, -0.2) is 14.6 Å². The number of fused-ring (bicyclic) bond motifs is 1. The molecule has 0 fully saturated rings. The molecule has 4 N–H and O–H groups in total. The first-order chi connectivity index (χ1) is 18.9. The van der Waals surface area contributed by atoms with Gasteiger partial charge in [0.2, 0.25) is 5.91 Å². The van der Waals surface area contributed by atoms with E-state index in [-0.39, 0.29) is 18.0 Å². The van der Waals surface area contributed by atoms with Crippen molar-refractivity contribution in [2.24, 2.45) is 5.92 Å². The highest BCUT2D eigenvalue weighted by atomic mass is 16.5. The van der Waals surface area contributed by atoms with Crippen molar-refractivity contribution in [3.05, 3.63) is 72.7 Å². The third kappa shape index (κ3) is 5.93. The Bertz CT molecular complexity index is 1460. The fourth-order valence-electron chi connectivity index (χ4n) is 4.99. The Morgan fingerprint density at radius 1 is 1.10 bits per heavy atom. The third-order valence-electron chi connectivity index (χ3n) is 7.01. The number of carbonyl (C=O) groups excluding carboxylic acids is 1. The Labute approximate surface area is 228 Å². The zero-order valence-corrected chi connectivity index (χ0v) is 22.6. The molecule has 9 nitrogen and oxygen atoms in total. The second-order valence-electron chi connectivity index (χ2n) is 10.3. The van der Waals surface area contributed by atoms with Crippen LogP contribution in [0.5, 0.6) is 11.5 Å². The van der Waals surface area contributed by atoms with E-state index in [9.17, 15) is 4.79 Å². The Morgan fingerprint density at radius 3 is 2.51 bits per heavy atom. The second kappa shape index (κ2) is 11.7. The predicted molar refractivity (Wildman–Crippen MR) is 153 cm³/mol. The zero-order valence-electron chi connectivity index (χ0n) is 22.6. The van der Waals surface area contributed by atoms with Gasteiger partial charge in [0, 0.05) is 11.3 Å². The molecule has 1 aliphatic carbocycles. The van der Waals surface area contributed by atoms with Crippen LogP contribution in [0.2, 0.25) is 0 Å². The highest BCUT2D eigenvalue weighted by Gasteiger charge is 2.25. The van der Waals surface area contributed by atoms with Gasteiger partial charge in [-0.05, 0) is 75.0 Å². The maximum absolute atomic E-state index is 12.8. The molecule has 39 heavy (non-hydrogen) atoms. The summed E-state index contributed by atoms with van der Waals surface area (Å²) in [6.07, 6.45) is 6.67. The van der Waals surface area contributed by atoms with E-state index < -0.39 is 0 Å². The number of amides is 1. The molecule has 0 radical (unpaired) electrons. The van der Waals surface area contributed by atoms with Crippen LogP contribution in [0.4, 0.5) is 5.82 Å². The molecular weight excluding hydrogens is 490 g/mol. The van der Waals surface area contributed by atoms with Gasteiger partial charge in [0.25, 0.3) is 0 Å². The maximum atomic E-state index is 12.8. The Kier molecular flexibility index (Phi) is 7.88. The molecule has 0 saturated heterocycles. The number of hydrogen-bond donors (Lipinski definition) is 3. The lowest BCUT2D eigenvalue weighted by Crippen LogP contribution is -2.43. The first kappa shape index (κ1) is 26.4. The first-order valence-corrected chi connectivity index (χ1v) is 13.4. The molecule has 2 aromatic heterocycles. The number of nitrogen functional groups attached to an aromatic ring is 1. The Balaban J connectivity index is 1.36. The molecule has 1 amide bonds. The van der Waals surface area contributed by atoms with Gasteiger partial charge in [0.1, 0.15) is 29.3 Å². The number of nitrogens with zero attached hydrogens (tertiary/aromatic N) is 4. The van der Waals surface area contributed by atoms with E-state index in [2.05, 4.69) is 40.5 Å². The lowest BCUT2D eigenvalue weighted by atomic mass is 9.98. The second-order valence-corrected chi connectivity index (χ2v) is 10.3. The highest BCUT2D eigenvalue weighted by Crippen LogP contribution is 2.36. The van der Waals surface area contributed by atoms with Crippen LogP contribution in [0.1, 0.15) is 45.6 Å². The Hall–Kier alpha value is -4.24. The molecule has 4 aromatic rings. The molecule has 5 rings (SSSR count). The van der Waals surface area contributed by atoms with Gasteiger partial charge >= 0.3 is 0 Å². The molecule has 0 bridgehead atoms. The van der Waals surface area contributed by atoms with Gasteiger partial charge in [-0.1, -0.05) is 38.1 Å². The minimum absolute atomic E-state index is 0.0166. The summed E-state index contributed by atoms with van der Waals surface area (Å²) in [5.74, 6) is 2.36. The number of ether oxygens (including phenoxy) is 1. The predicted octanol–water partition coefficient (Wildman–Crippen LogP) is 5.23. The molecule has 0 spiro atoms. The van der Waals surface area contributed by atoms with Crippen LogP contribution in [0.15, 0.2) is 72.7 Å². The quantitative estimate of drug-likeness (QED) is 0.274. The largest absolute Gasteiger partial charge is 0.457 e. The van der Waals surface area contributed by atoms with Crippen molar-refractivity contribution in [1.82, 2.24) is 30.4 Å². The number of para-hydroxylation sites is 1. The first-order valence-electron chi connectivity index (χ1n) is 13.4. The number of nitrogens with two attached hydrogens (primary N) is 1. The summed E-state index contributed by atoms with van der Waals surface area (Å²) >= 11 is 0. The molecular formula is C30H35N7O2. The number of likely N-dealkylation sites (N-methyl/N-ethyl adjacent to an activating group) is 1. The average Bonchev–Trinajstić information content (AvgIpc) is 3.34. The number of anilines is 1. The highest BCUT2D eigenvalue weighted by molar-refractivity contribution is 5.98. The number of aromatic nitrogens is 4. The smallest absolute Gasteiger partial charge is 0.241 e. The van der Waals surface area contributed by atoms with Crippen LogP contribution in [0.25, 0.3) is 22.3 Å². The summed E-state index contributed by atoms with van der Waals surface area (Å²) in [6, 6.07) is 17.3. The molecule has 2 aromatic carbocycles. The summed E-state index contributed by atoms with van der Waals surface area (Å²) in [5, 5.41) is 12.0. The lowest BCUT2D eigenvalue weighted by Gasteiger charge is -2.25. The normalized spacial score (nSPS) is 16.2. The van der Waals surface area contributed by atoms with Crippen molar-refractivity contribution >= 4 is 22.8 Å². The van der Waals surface area contributed by atoms with Gasteiger partial charge in [0.15, 0.2) is 5.65 Å². The van der Waals surface area contributed by atoms with E-state index in [0.717, 1.165) is 59.5 Å². The van der Waals surface area contributed by atoms with Crippen molar-refractivity contribution < 1.29 is 9.53 Å². The van der Waals surface area contributed by atoms with E-state index >= 15 is 0 Å². The van der Waals surface area contributed by atoms with Gasteiger partial charge < -0.3 is 21.1 Å². The van der Waals surface area contributed by atoms with Crippen LogP contribution in [0, 0.1) is 5.92 Å². The molecule has 0 saturated carbocycles. The van der Waals surface area contributed by atoms with Crippen LogP contribution in [-0.4, -0.2) is 38.7 Å². The maximum Gasteiger partial charge on any atom is 0.241 e. The summed E-state index contributed by atoms with van der Waals surface area (Å²) in [6.45, 7) is 4.24. The standard InChI is InChI=1S/C30H35N7O2/c1-19(2)17-25(32-3)30(38)35-21-11-13-22(14-12-21)37-29-26(28(31)33-18-34-29)27(36-37)20-9-15-24(16-10-20)39-23-7-5-4-6-8-23/h4-11,15-16,18-19,22,25,32H,12-14,17H2,1-3H3,(H,35,38)(H2,31,33,34)/t22-,25+/m0/s1. The number of nitrogens with one attached hydrogen (secondary N) is 2. The molecule has 202 valence electrons. The van der Waals surface area contributed by atoms with Crippen LogP contribution in [-0.2, 0) is 4.79 Å². The average molecular weight is 526 g/mol. The van der Waals surface area contributed by atoms with Gasteiger partial charge in [0.05, 0.1) is 17.5 Å². The fourth-order valence-corrected chi connectivity index (χ4v) is 4.99. The minimum atomic E-state index is -0.203. The van der Waals surface area contributed by atoms with E-state index in [1.807, 2.05) is 66.3 Å². The van der Waals surface area contributed by atoms with Crippen LogP contribution < -0.4 is 21.1 Å².